The second-order valence-electron chi connectivity index (χ2n) is 3.18. The number of fused-ring (bicyclic) bond motifs is 1. The summed E-state index contributed by atoms with van der Waals surface area (Å²) in [6.45, 7) is 2.97. The maximum absolute atomic E-state index is 4.40. The van der Waals surface area contributed by atoms with Gasteiger partial charge in [0, 0.05) is 6.54 Å². The fourth-order valence-electron chi connectivity index (χ4n) is 1.32. The van der Waals surface area contributed by atoms with Crippen LogP contribution in [-0.2, 0) is 0 Å². The Morgan fingerprint density at radius 3 is 3.36 bits per heavy atom. The molecule has 5 heteroatoms. The fraction of sp³-hybridized carbons (Fsp3) is 0.556. The SMILES string of the molecule is CCCCN=C1N=CNC2=NC=NC12. The zero-order valence-corrected chi connectivity index (χ0v) is 8.14. The second-order valence-corrected chi connectivity index (χ2v) is 3.18. The van der Waals surface area contributed by atoms with E-state index in [2.05, 4.69) is 32.2 Å². The van der Waals surface area contributed by atoms with Crippen LogP contribution in [-0.4, -0.2) is 36.9 Å². The normalized spacial score (nSPS) is 26.2. The summed E-state index contributed by atoms with van der Waals surface area (Å²) >= 11 is 0. The van der Waals surface area contributed by atoms with Crippen LogP contribution in [0.3, 0.4) is 0 Å². The first-order valence-corrected chi connectivity index (χ1v) is 4.84. The zero-order chi connectivity index (χ0) is 9.80. The molecular formula is C9H13N5. The highest BCUT2D eigenvalue weighted by Gasteiger charge is 2.25. The van der Waals surface area contributed by atoms with Gasteiger partial charge in [-0.25, -0.2) is 9.98 Å². The van der Waals surface area contributed by atoms with Crippen molar-refractivity contribution in [1.29, 1.82) is 0 Å². The van der Waals surface area contributed by atoms with Gasteiger partial charge in [-0.1, -0.05) is 13.3 Å². The molecule has 0 amide bonds. The van der Waals surface area contributed by atoms with Crippen molar-refractivity contribution in [3.05, 3.63) is 0 Å². The summed E-state index contributed by atoms with van der Waals surface area (Å²) in [5.74, 6) is 1.60. The molecule has 2 heterocycles. The van der Waals surface area contributed by atoms with Crippen molar-refractivity contribution >= 4 is 24.3 Å². The quantitative estimate of drug-likeness (QED) is 0.653. The minimum Gasteiger partial charge on any atom is -0.332 e. The predicted molar refractivity (Wildman–Crippen MR) is 58.6 cm³/mol. The molecule has 74 valence electrons. The molecule has 0 aromatic rings. The van der Waals surface area contributed by atoms with Crippen LogP contribution >= 0.6 is 0 Å². The van der Waals surface area contributed by atoms with Crippen LogP contribution in [0.25, 0.3) is 0 Å². The summed E-state index contributed by atoms with van der Waals surface area (Å²) < 4.78 is 0. The summed E-state index contributed by atoms with van der Waals surface area (Å²) in [6, 6.07) is -0.0862. The van der Waals surface area contributed by atoms with Crippen molar-refractivity contribution in [3.63, 3.8) is 0 Å². The molecule has 0 aromatic carbocycles. The van der Waals surface area contributed by atoms with Crippen molar-refractivity contribution < 1.29 is 0 Å². The molecule has 0 saturated heterocycles. The largest absolute Gasteiger partial charge is 0.332 e. The van der Waals surface area contributed by atoms with Crippen molar-refractivity contribution in [2.24, 2.45) is 20.0 Å². The molecule has 2 aliphatic heterocycles. The van der Waals surface area contributed by atoms with Gasteiger partial charge in [0.2, 0.25) is 0 Å². The van der Waals surface area contributed by atoms with E-state index in [1.54, 1.807) is 12.7 Å². The van der Waals surface area contributed by atoms with Gasteiger partial charge < -0.3 is 5.32 Å². The van der Waals surface area contributed by atoms with Crippen LogP contribution in [0.2, 0.25) is 0 Å². The lowest BCUT2D eigenvalue weighted by atomic mass is 10.2. The van der Waals surface area contributed by atoms with E-state index in [1.807, 2.05) is 0 Å². The van der Waals surface area contributed by atoms with Crippen molar-refractivity contribution in [2.45, 2.75) is 25.8 Å². The Labute approximate surface area is 82.8 Å². The molecule has 2 aliphatic rings. The van der Waals surface area contributed by atoms with Crippen LogP contribution < -0.4 is 5.32 Å². The molecule has 0 aromatic heterocycles. The van der Waals surface area contributed by atoms with Crippen LogP contribution in [0.15, 0.2) is 20.0 Å². The lowest BCUT2D eigenvalue weighted by Gasteiger charge is -2.14. The molecule has 0 fully saturated rings. The van der Waals surface area contributed by atoms with Gasteiger partial charge >= 0.3 is 0 Å². The molecule has 0 aliphatic carbocycles. The van der Waals surface area contributed by atoms with E-state index >= 15 is 0 Å². The van der Waals surface area contributed by atoms with Crippen LogP contribution in [0.4, 0.5) is 0 Å². The van der Waals surface area contributed by atoms with E-state index in [1.165, 1.54) is 0 Å². The highest BCUT2D eigenvalue weighted by molar-refractivity contribution is 6.21. The molecule has 14 heavy (non-hydrogen) atoms. The molecule has 5 nitrogen and oxygen atoms in total. The number of unbranched alkanes of at least 4 members (excludes halogenated alkanes) is 1. The second kappa shape index (κ2) is 4.13. The van der Waals surface area contributed by atoms with E-state index in [4.69, 9.17) is 0 Å². The van der Waals surface area contributed by atoms with Crippen molar-refractivity contribution in [2.75, 3.05) is 6.54 Å². The summed E-state index contributed by atoms with van der Waals surface area (Å²) in [6.07, 6.45) is 5.41. The van der Waals surface area contributed by atoms with Crippen LogP contribution in [0.1, 0.15) is 19.8 Å². The summed E-state index contributed by atoms with van der Waals surface area (Å²) in [5.41, 5.74) is 0. The number of rotatable bonds is 3. The lowest BCUT2D eigenvalue weighted by molar-refractivity contribution is 0.803. The summed E-state index contributed by atoms with van der Waals surface area (Å²) in [5, 5.41) is 2.95. The molecule has 0 saturated carbocycles. The Morgan fingerprint density at radius 1 is 1.57 bits per heavy atom. The molecule has 1 atom stereocenters. The number of nitrogens with one attached hydrogen (secondary N) is 1. The first-order chi connectivity index (χ1) is 6.92. The van der Waals surface area contributed by atoms with Gasteiger partial charge in [-0.2, -0.15) is 0 Å². The topological polar surface area (TPSA) is 61.5 Å². The number of nitrogens with zero attached hydrogens (tertiary/aromatic N) is 4. The number of aliphatic imine (C=N–C) groups is 4. The van der Waals surface area contributed by atoms with E-state index in [0.29, 0.717) is 0 Å². The van der Waals surface area contributed by atoms with Gasteiger partial charge in [-0.15, -0.1) is 0 Å². The highest BCUT2D eigenvalue weighted by atomic mass is 15.2. The van der Waals surface area contributed by atoms with E-state index < -0.39 is 0 Å². The van der Waals surface area contributed by atoms with Gasteiger partial charge in [0.25, 0.3) is 0 Å². The number of hydrogen-bond acceptors (Lipinski definition) is 4. The maximum atomic E-state index is 4.40. The van der Waals surface area contributed by atoms with Crippen molar-refractivity contribution in [3.8, 4) is 0 Å². The van der Waals surface area contributed by atoms with Gasteiger partial charge in [-0.05, 0) is 6.42 Å². The Hall–Kier alpha value is -1.52. The summed E-state index contributed by atoms with van der Waals surface area (Å²) in [4.78, 5) is 16.8. The van der Waals surface area contributed by atoms with Gasteiger partial charge in [0.05, 0.1) is 6.34 Å². The molecule has 1 unspecified atom stereocenters. The Balaban J connectivity index is 2.07. The van der Waals surface area contributed by atoms with Gasteiger partial charge in [0.15, 0.2) is 11.9 Å². The van der Waals surface area contributed by atoms with Gasteiger partial charge in [0.1, 0.15) is 12.2 Å². The van der Waals surface area contributed by atoms with Crippen molar-refractivity contribution in [1.82, 2.24) is 5.32 Å². The number of amidine groups is 2. The summed E-state index contributed by atoms with van der Waals surface area (Å²) in [7, 11) is 0. The third-order valence-electron chi connectivity index (χ3n) is 2.11. The first-order valence-electron chi connectivity index (χ1n) is 4.84. The minimum absolute atomic E-state index is 0.0862. The third-order valence-corrected chi connectivity index (χ3v) is 2.11. The molecule has 2 rings (SSSR count). The Kier molecular flexibility index (Phi) is 2.67. The van der Waals surface area contributed by atoms with Crippen LogP contribution in [0, 0.1) is 0 Å². The van der Waals surface area contributed by atoms with E-state index in [-0.39, 0.29) is 6.04 Å². The van der Waals surface area contributed by atoms with E-state index in [9.17, 15) is 0 Å². The smallest absolute Gasteiger partial charge is 0.168 e. The average molecular weight is 191 g/mol. The molecule has 0 bridgehead atoms. The Morgan fingerprint density at radius 2 is 2.50 bits per heavy atom. The number of hydrogen-bond donors (Lipinski definition) is 1. The third kappa shape index (κ3) is 1.71. The Bertz CT molecular complexity index is 326. The highest BCUT2D eigenvalue weighted by Crippen LogP contribution is 2.07. The standard InChI is InChI=1S/C9H13N5/c1-2-3-4-10-8-7-9(12-5-11-7)14-6-13-8/h5-7H,2-4H2,1H3,(H,10,11,12,13,14). The minimum atomic E-state index is -0.0862. The fourth-order valence-corrected chi connectivity index (χ4v) is 1.32. The molecular weight excluding hydrogens is 178 g/mol. The van der Waals surface area contributed by atoms with Crippen LogP contribution in [0.5, 0.6) is 0 Å². The maximum Gasteiger partial charge on any atom is 0.168 e. The molecule has 0 radical (unpaired) electrons. The predicted octanol–water partition coefficient (Wildman–Crippen LogP) is 0.625. The molecule has 1 N–H and O–H groups in total. The average Bonchev–Trinajstić information content (AvgIpc) is 2.67. The zero-order valence-electron chi connectivity index (χ0n) is 8.14. The molecule has 0 spiro atoms. The monoisotopic (exact) mass is 191 g/mol. The lowest BCUT2D eigenvalue weighted by Crippen LogP contribution is -2.40. The van der Waals surface area contributed by atoms with Gasteiger partial charge in [-0.3, -0.25) is 9.98 Å². The first kappa shape index (κ1) is 9.05. The van der Waals surface area contributed by atoms with E-state index in [0.717, 1.165) is 31.1 Å².